The highest BCUT2D eigenvalue weighted by molar-refractivity contribution is 7.99. The van der Waals surface area contributed by atoms with E-state index < -0.39 is 0 Å². The average molecular weight is 303 g/mol. The molecule has 1 saturated heterocycles. The standard InChI is InChI=1S/C17H25N3S/c1-3-9-18-15(13-8-10-21-12-13)11-16-14-6-4-5-7-17(14)20(2)19-16/h4-7,13,15,18H,3,8-12H2,1-2H3. The zero-order valence-corrected chi connectivity index (χ0v) is 13.8. The average Bonchev–Trinajstić information content (AvgIpc) is 3.13. The number of thioether (sulfide) groups is 1. The summed E-state index contributed by atoms with van der Waals surface area (Å²) in [6, 6.07) is 9.14. The molecule has 0 amide bonds. The molecule has 114 valence electrons. The van der Waals surface area contributed by atoms with Crippen LogP contribution in [0, 0.1) is 5.92 Å². The quantitative estimate of drug-likeness (QED) is 0.888. The number of nitrogens with zero attached hydrogens (tertiary/aromatic N) is 2. The Kier molecular flexibility index (Phi) is 4.86. The van der Waals surface area contributed by atoms with E-state index in [-0.39, 0.29) is 0 Å². The van der Waals surface area contributed by atoms with E-state index in [0.29, 0.717) is 6.04 Å². The summed E-state index contributed by atoms with van der Waals surface area (Å²) < 4.78 is 2.02. The normalized spacial score (nSPS) is 20.2. The first-order valence-corrected chi connectivity index (χ1v) is 9.16. The van der Waals surface area contributed by atoms with Gasteiger partial charge < -0.3 is 5.32 Å². The summed E-state index contributed by atoms with van der Waals surface area (Å²) in [5.74, 6) is 3.41. The molecule has 0 aliphatic carbocycles. The molecule has 0 spiro atoms. The van der Waals surface area contributed by atoms with Crippen LogP contribution in [0.2, 0.25) is 0 Å². The molecule has 1 aromatic heterocycles. The molecule has 3 nitrogen and oxygen atoms in total. The molecule has 0 radical (unpaired) electrons. The highest BCUT2D eigenvalue weighted by Crippen LogP contribution is 2.29. The van der Waals surface area contributed by atoms with Crippen LogP contribution in [0.4, 0.5) is 0 Å². The van der Waals surface area contributed by atoms with E-state index in [1.54, 1.807) is 0 Å². The molecule has 1 aliphatic heterocycles. The van der Waals surface area contributed by atoms with Crippen LogP contribution in [0.3, 0.4) is 0 Å². The second kappa shape index (κ2) is 6.84. The lowest BCUT2D eigenvalue weighted by molar-refractivity contribution is 0.377. The zero-order valence-electron chi connectivity index (χ0n) is 13.0. The molecule has 4 heteroatoms. The summed E-state index contributed by atoms with van der Waals surface area (Å²) in [6.45, 7) is 3.35. The van der Waals surface area contributed by atoms with Gasteiger partial charge >= 0.3 is 0 Å². The maximum absolute atomic E-state index is 4.78. The summed E-state index contributed by atoms with van der Waals surface area (Å²) in [5, 5.41) is 9.86. The number of rotatable bonds is 6. The number of fused-ring (bicyclic) bond motifs is 1. The summed E-state index contributed by atoms with van der Waals surface area (Å²) in [7, 11) is 2.05. The third kappa shape index (κ3) is 3.27. The van der Waals surface area contributed by atoms with Crippen molar-refractivity contribution in [1.82, 2.24) is 15.1 Å². The predicted octanol–water partition coefficient (Wildman–Crippen LogP) is 3.24. The fourth-order valence-corrected chi connectivity index (χ4v) is 4.59. The number of hydrogen-bond donors (Lipinski definition) is 1. The third-order valence-corrected chi connectivity index (χ3v) is 5.63. The van der Waals surface area contributed by atoms with Crippen LogP contribution < -0.4 is 5.32 Å². The van der Waals surface area contributed by atoms with Crippen molar-refractivity contribution in [2.45, 2.75) is 32.2 Å². The van der Waals surface area contributed by atoms with Crippen molar-refractivity contribution in [2.24, 2.45) is 13.0 Å². The Hall–Kier alpha value is -1.00. The van der Waals surface area contributed by atoms with E-state index in [0.717, 1.165) is 18.9 Å². The van der Waals surface area contributed by atoms with Gasteiger partial charge in [0.25, 0.3) is 0 Å². The van der Waals surface area contributed by atoms with E-state index >= 15 is 0 Å². The van der Waals surface area contributed by atoms with Gasteiger partial charge in [0, 0.05) is 24.9 Å². The van der Waals surface area contributed by atoms with Gasteiger partial charge in [-0.3, -0.25) is 4.68 Å². The van der Waals surface area contributed by atoms with Crippen LogP contribution in [0.1, 0.15) is 25.5 Å². The summed E-state index contributed by atoms with van der Waals surface area (Å²) in [5.41, 5.74) is 2.49. The van der Waals surface area contributed by atoms with Crippen molar-refractivity contribution in [1.29, 1.82) is 0 Å². The summed E-state index contributed by atoms with van der Waals surface area (Å²) in [4.78, 5) is 0. The number of para-hydroxylation sites is 1. The zero-order chi connectivity index (χ0) is 14.7. The van der Waals surface area contributed by atoms with Crippen molar-refractivity contribution in [2.75, 3.05) is 18.1 Å². The largest absolute Gasteiger partial charge is 0.313 e. The Morgan fingerprint density at radius 2 is 2.29 bits per heavy atom. The second-order valence-corrected chi connectivity index (χ2v) is 7.13. The summed E-state index contributed by atoms with van der Waals surface area (Å²) >= 11 is 2.10. The van der Waals surface area contributed by atoms with Crippen LogP contribution in [0.5, 0.6) is 0 Å². The molecule has 2 heterocycles. The lowest BCUT2D eigenvalue weighted by Crippen LogP contribution is -2.38. The number of aromatic nitrogens is 2. The number of aryl methyl sites for hydroxylation is 1. The molecule has 21 heavy (non-hydrogen) atoms. The van der Waals surface area contributed by atoms with Gasteiger partial charge in [-0.05, 0) is 42.9 Å². The van der Waals surface area contributed by atoms with Crippen molar-refractivity contribution < 1.29 is 0 Å². The predicted molar refractivity (Wildman–Crippen MR) is 91.9 cm³/mol. The van der Waals surface area contributed by atoms with Crippen LogP contribution in [-0.2, 0) is 13.5 Å². The van der Waals surface area contributed by atoms with Crippen molar-refractivity contribution in [3.05, 3.63) is 30.0 Å². The van der Waals surface area contributed by atoms with Gasteiger partial charge in [-0.15, -0.1) is 0 Å². The first kappa shape index (κ1) is 14.9. The Morgan fingerprint density at radius 1 is 1.43 bits per heavy atom. The highest BCUT2D eigenvalue weighted by atomic mass is 32.2. The van der Waals surface area contributed by atoms with Gasteiger partial charge in [0.15, 0.2) is 0 Å². The molecule has 0 saturated carbocycles. The molecule has 1 aromatic carbocycles. The van der Waals surface area contributed by atoms with Gasteiger partial charge in [-0.1, -0.05) is 25.1 Å². The molecule has 3 rings (SSSR count). The van der Waals surface area contributed by atoms with Gasteiger partial charge in [0.2, 0.25) is 0 Å². The minimum Gasteiger partial charge on any atom is -0.313 e. The highest BCUT2D eigenvalue weighted by Gasteiger charge is 2.26. The second-order valence-electron chi connectivity index (χ2n) is 5.98. The first-order chi connectivity index (χ1) is 10.3. The minimum atomic E-state index is 0.568. The maximum Gasteiger partial charge on any atom is 0.0718 e. The lowest BCUT2D eigenvalue weighted by Gasteiger charge is -2.23. The number of nitrogens with one attached hydrogen (secondary N) is 1. The van der Waals surface area contributed by atoms with E-state index in [4.69, 9.17) is 5.10 Å². The molecule has 2 unspecified atom stereocenters. The van der Waals surface area contributed by atoms with Gasteiger partial charge in [0.05, 0.1) is 11.2 Å². The Labute approximate surface area is 131 Å². The molecule has 2 aromatic rings. The number of benzene rings is 1. The molecule has 2 atom stereocenters. The SMILES string of the molecule is CCCNC(Cc1nn(C)c2ccccc12)C1CCSC1. The fraction of sp³-hybridized carbons (Fsp3) is 0.588. The van der Waals surface area contributed by atoms with Crippen molar-refractivity contribution in [3.8, 4) is 0 Å². The Morgan fingerprint density at radius 3 is 3.05 bits per heavy atom. The smallest absolute Gasteiger partial charge is 0.0718 e. The third-order valence-electron chi connectivity index (χ3n) is 4.44. The summed E-state index contributed by atoms with van der Waals surface area (Å²) in [6.07, 6.45) is 3.59. The van der Waals surface area contributed by atoms with Crippen molar-refractivity contribution >= 4 is 22.7 Å². The fourth-order valence-electron chi connectivity index (χ4n) is 3.25. The molecule has 1 N–H and O–H groups in total. The first-order valence-electron chi connectivity index (χ1n) is 8.01. The lowest BCUT2D eigenvalue weighted by atomic mass is 9.94. The van der Waals surface area contributed by atoms with E-state index in [1.807, 2.05) is 11.7 Å². The molecule has 0 bridgehead atoms. The Balaban J connectivity index is 1.82. The molecule has 1 aliphatic rings. The van der Waals surface area contributed by atoms with E-state index in [1.165, 1.54) is 40.9 Å². The topological polar surface area (TPSA) is 29.9 Å². The monoisotopic (exact) mass is 303 g/mol. The van der Waals surface area contributed by atoms with Gasteiger partial charge in [-0.2, -0.15) is 16.9 Å². The molecule has 1 fully saturated rings. The van der Waals surface area contributed by atoms with Crippen LogP contribution in [-0.4, -0.2) is 33.9 Å². The van der Waals surface area contributed by atoms with Crippen molar-refractivity contribution in [3.63, 3.8) is 0 Å². The van der Waals surface area contributed by atoms with Gasteiger partial charge in [-0.25, -0.2) is 0 Å². The maximum atomic E-state index is 4.78. The van der Waals surface area contributed by atoms with E-state index in [2.05, 4.69) is 48.3 Å². The minimum absolute atomic E-state index is 0.568. The number of hydrogen-bond acceptors (Lipinski definition) is 3. The van der Waals surface area contributed by atoms with E-state index in [9.17, 15) is 0 Å². The van der Waals surface area contributed by atoms with Gasteiger partial charge in [0.1, 0.15) is 0 Å². The van der Waals surface area contributed by atoms with Crippen LogP contribution >= 0.6 is 11.8 Å². The molecular formula is C17H25N3S. The molecular weight excluding hydrogens is 278 g/mol. The van der Waals surface area contributed by atoms with Crippen LogP contribution in [0.15, 0.2) is 24.3 Å². The van der Waals surface area contributed by atoms with Crippen LogP contribution in [0.25, 0.3) is 10.9 Å². The Bertz CT molecular complexity index is 587.